The third-order valence-corrected chi connectivity index (χ3v) is 3.51. The molecule has 1 aromatic rings. The SMILES string of the molecule is Cc1ccc(C)c(OCCNC(=O)NCCC(C)C)c1C. The summed E-state index contributed by atoms with van der Waals surface area (Å²) >= 11 is 0. The Morgan fingerprint density at radius 3 is 2.38 bits per heavy atom. The van der Waals surface area contributed by atoms with Crippen LogP contribution in [-0.2, 0) is 0 Å². The second-order valence-electron chi connectivity index (χ2n) is 5.87. The highest BCUT2D eigenvalue weighted by Crippen LogP contribution is 2.25. The molecule has 1 rings (SSSR count). The number of urea groups is 1. The van der Waals surface area contributed by atoms with E-state index in [1.54, 1.807) is 0 Å². The lowest BCUT2D eigenvalue weighted by Gasteiger charge is -2.14. The fourth-order valence-corrected chi connectivity index (χ4v) is 2.00. The topological polar surface area (TPSA) is 50.4 Å². The molecule has 4 heteroatoms. The second-order valence-corrected chi connectivity index (χ2v) is 5.87. The molecule has 0 fully saturated rings. The van der Waals surface area contributed by atoms with Gasteiger partial charge in [-0.15, -0.1) is 0 Å². The van der Waals surface area contributed by atoms with E-state index in [4.69, 9.17) is 4.74 Å². The summed E-state index contributed by atoms with van der Waals surface area (Å²) in [4.78, 5) is 11.5. The molecule has 0 radical (unpaired) electrons. The van der Waals surface area contributed by atoms with Gasteiger partial charge < -0.3 is 15.4 Å². The molecule has 118 valence electrons. The summed E-state index contributed by atoms with van der Waals surface area (Å²) in [6.07, 6.45) is 0.992. The molecular weight excluding hydrogens is 264 g/mol. The Balaban J connectivity index is 2.28. The van der Waals surface area contributed by atoms with Gasteiger partial charge in [-0.05, 0) is 49.8 Å². The Morgan fingerprint density at radius 1 is 1.10 bits per heavy atom. The highest BCUT2D eigenvalue weighted by molar-refractivity contribution is 5.73. The first kappa shape index (κ1) is 17.3. The molecule has 0 saturated carbocycles. The van der Waals surface area contributed by atoms with Crippen LogP contribution in [0.15, 0.2) is 12.1 Å². The zero-order valence-corrected chi connectivity index (χ0v) is 13.9. The molecule has 0 aliphatic carbocycles. The van der Waals surface area contributed by atoms with Crippen molar-refractivity contribution in [3.63, 3.8) is 0 Å². The maximum absolute atomic E-state index is 11.5. The minimum Gasteiger partial charge on any atom is -0.491 e. The summed E-state index contributed by atoms with van der Waals surface area (Å²) in [5, 5.41) is 5.64. The van der Waals surface area contributed by atoms with Crippen molar-refractivity contribution in [2.75, 3.05) is 19.7 Å². The van der Waals surface area contributed by atoms with E-state index < -0.39 is 0 Å². The van der Waals surface area contributed by atoms with E-state index in [1.165, 1.54) is 5.56 Å². The van der Waals surface area contributed by atoms with Crippen molar-refractivity contribution in [1.29, 1.82) is 0 Å². The standard InChI is InChI=1S/C17H28N2O2/c1-12(2)8-9-18-17(20)19-10-11-21-16-14(4)7-6-13(3)15(16)5/h6-7,12H,8-11H2,1-5H3,(H2,18,19,20). The first-order chi connectivity index (χ1) is 9.91. The molecule has 0 aliphatic rings. The smallest absolute Gasteiger partial charge is 0.314 e. The minimum atomic E-state index is -0.128. The monoisotopic (exact) mass is 292 g/mol. The number of ether oxygens (including phenoxy) is 1. The molecule has 0 aromatic heterocycles. The average Bonchev–Trinajstić information content (AvgIpc) is 2.42. The number of hydrogen-bond acceptors (Lipinski definition) is 2. The summed E-state index contributed by atoms with van der Waals surface area (Å²) in [6.45, 7) is 12.1. The lowest BCUT2D eigenvalue weighted by atomic mass is 10.1. The molecule has 0 unspecified atom stereocenters. The van der Waals surface area contributed by atoms with Gasteiger partial charge in [0.05, 0.1) is 6.54 Å². The van der Waals surface area contributed by atoms with Gasteiger partial charge in [-0.2, -0.15) is 0 Å². The number of carbonyl (C=O) groups is 1. The lowest BCUT2D eigenvalue weighted by Crippen LogP contribution is -2.38. The van der Waals surface area contributed by atoms with Crippen LogP contribution in [0.2, 0.25) is 0 Å². The van der Waals surface area contributed by atoms with Crippen LogP contribution in [0.3, 0.4) is 0 Å². The van der Waals surface area contributed by atoms with Crippen LogP contribution < -0.4 is 15.4 Å². The molecule has 0 spiro atoms. The second kappa shape index (κ2) is 8.55. The van der Waals surface area contributed by atoms with Gasteiger partial charge in [-0.3, -0.25) is 0 Å². The Labute approximate surface area is 128 Å². The van der Waals surface area contributed by atoms with Crippen LogP contribution in [0, 0.1) is 26.7 Å². The normalized spacial score (nSPS) is 10.6. The van der Waals surface area contributed by atoms with E-state index in [9.17, 15) is 4.79 Å². The van der Waals surface area contributed by atoms with E-state index >= 15 is 0 Å². The van der Waals surface area contributed by atoms with Crippen molar-refractivity contribution < 1.29 is 9.53 Å². The number of nitrogens with one attached hydrogen (secondary N) is 2. The third kappa shape index (κ3) is 6.06. The molecule has 0 bridgehead atoms. The molecule has 0 atom stereocenters. The third-order valence-electron chi connectivity index (χ3n) is 3.51. The molecule has 4 nitrogen and oxygen atoms in total. The van der Waals surface area contributed by atoms with E-state index in [0.29, 0.717) is 25.6 Å². The molecule has 21 heavy (non-hydrogen) atoms. The van der Waals surface area contributed by atoms with Crippen LogP contribution in [0.5, 0.6) is 5.75 Å². The molecule has 0 heterocycles. The first-order valence-electron chi connectivity index (χ1n) is 7.63. The van der Waals surface area contributed by atoms with Gasteiger partial charge in [0.15, 0.2) is 0 Å². The lowest BCUT2D eigenvalue weighted by molar-refractivity contribution is 0.235. The van der Waals surface area contributed by atoms with Crippen LogP contribution in [0.25, 0.3) is 0 Å². The predicted octanol–water partition coefficient (Wildman–Crippen LogP) is 3.34. The molecule has 1 aromatic carbocycles. The molecular formula is C17H28N2O2. The van der Waals surface area contributed by atoms with E-state index in [1.807, 2.05) is 6.92 Å². The van der Waals surface area contributed by atoms with Crippen molar-refractivity contribution in [3.05, 3.63) is 28.8 Å². The number of carbonyl (C=O) groups excluding carboxylic acids is 1. The van der Waals surface area contributed by atoms with E-state index in [0.717, 1.165) is 23.3 Å². The summed E-state index contributed by atoms with van der Waals surface area (Å²) < 4.78 is 5.80. The molecule has 2 amide bonds. The fraction of sp³-hybridized carbons (Fsp3) is 0.588. The van der Waals surface area contributed by atoms with Crippen LogP contribution in [-0.4, -0.2) is 25.7 Å². The largest absolute Gasteiger partial charge is 0.491 e. The van der Waals surface area contributed by atoms with Gasteiger partial charge in [-0.1, -0.05) is 26.0 Å². The van der Waals surface area contributed by atoms with Crippen molar-refractivity contribution in [2.45, 2.75) is 41.0 Å². The Morgan fingerprint density at radius 2 is 1.71 bits per heavy atom. The highest BCUT2D eigenvalue weighted by Gasteiger charge is 2.06. The van der Waals surface area contributed by atoms with Crippen molar-refractivity contribution in [1.82, 2.24) is 10.6 Å². The van der Waals surface area contributed by atoms with E-state index in [-0.39, 0.29) is 6.03 Å². The zero-order valence-electron chi connectivity index (χ0n) is 13.9. The summed E-state index contributed by atoms with van der Waals surface area (Å²) in [6, 6.07) is 4.03. The number of rotatable bonds is 7. The molecule has 0 saturated heterocycles. The van der Waals surface area contributed by atoms with E-state index in [2.05, 4.69) is 50.5 Å². The number of benzene rings is 1. The molecule has 2 N–H and O–H groups in total. The van der Waals surface area contributed by atoms with Gasteiger partial charge in [0.1, 0.15) is 12.4 Å². The number of hydrogen-bond donors (Lipinski definition) is 2. The maximum Gasteiger partial charge on any atom is 0.314 e. The Kier molecular flexibility index (Phi) is 7.06. The first-order valence-corrected chi connectivity index (χ1v) is 7.63. The van der Waals surface area contributed by atoms with Crippen molar-refractivity contribution in [2.24, 2.45) is 5.92 Å². The van der Waals surface area contributed by atoms with Crippen molar-refractivity contribution >= 4 is 6.03 Å². The zero-order chi connectivity index (χ0) is 15.8. The minimum absolute atomic E-state index is 0.128. The van der Waals surface area contributed by atoms with Gasteiger partial charge in [0, 0.05) is 6.54 Å². The van der Waals surface area contributed by atoms with Gasteiger partial charge in [-0.25, -0.2) is 4.79 Å². The number of amides is 2. The summed E-state index contributed by atoms with van der Waals surface area (Å²) in [5.41, 5.74) is 3.51. The van der Waals surface area contributed by atoms with Crippen molar-refractivity contribution in [3.8, 4) is 5.75 Å². The maximum atomic E-state index is 11.5. The quantitative estimate of drug-likeness (QED) is 0.757. The van der Waals surface area contributed by atoms with Crippen LogP contribution in [0.4, 0.5) is 4.79 Å². The average molecular weight is 292 g/mol. The predicted molar refractivity (Wildman–Crippen MR) is 87.0 cm³/mol. The Bertz CT molecular complexity index is 470. The summed E-state index contributed by atoms with van der Waals surface area (Å²) in [5.74, 6) is 1.53. The highest BCUT2D eigenvalue weighted by atomic mass is 16.5. The number of aryl methyl sites for hydroxylation is 2. The summed E-state index contributed by atoms with van der Waals surface area (Å²) in [7, 11) is 0. The van der Waals surface area contributed by atoms with Crippen LogP contribution >= 0.6 is 0 Å². The van der Waals surface area contributed by atoms with Gasteiger partial charge >= 0.3 is 6.03 Å². The fourth-order valence-electron chi connectivity index (χ4n) is 2.00. The van der Waals surface area contributed by atoms with Crippen LogP contribution in [0.1, 0.15) is 37.0 Å². The Hall–Kier alpha value is -1.71. The van der Waals surface area contributed by atoms with Gasteiger partial charge in [0.2, 0.25) is 0 Å². The molecule has 0 aliphatic heterocycles. The van der Waals surface area contributed by atoms with Gasteiger partial charge in [0.25, 0.3) is 0 Å².